The highest BCUT2D eigenvalue weighted by Crippen LogP contribution is 2.42. The molecule has 0 radical (unpaired) electrons. The van der Waals surface area contributed by atoms with Crippen molar-refractivity contribution in [2.45, 2.75) is 58.3 Å². The van der Waals surface area contributed by atoms with Gasteiger partial charge in [0.1, 0.15) is 5.75 Å². The van der Waals surface area contributed by atoms with E-state index in [1.165, 1.54) is 42.3 Å². The van der Waals surface area contributed by atoms with Crippen molar-refractivity contribution in [2.75, 3.05) is 30.3 Å². The minimum Gasteiger partial charge on any atom is -0.491 e. The lowest BCUT2D eigenvalue weighted by atomic mass is 9.71. The number of hydrogen-bond acceptors (Lipinski definition) is 4. The van der Waals surface area contributed by atoms with Gasteiger partial charge in [0.25, 0.3) is 5.91 Å². The molecule has 0 spiro atoms. The van der Waals surface area contributed by atoms with Gasteiger partial charge in [0.05, 0.1) is 12.3 Å². The Balaban J connectivity index is 1.48. The van der Waals surface area contributed by atoms with Crippen molar-refractivity contribution in [3.63, 3.8) is 0 Å². The van der Waals surface area contributed by atoms with Crippen LogP contribution in [0.1, 0.15) is 73.4 Å². The summed E-state index contributed by atoms with van der Waals surface area (Å²) in [6.45, 7) is 6.96. The zero-order valence-electron chi connectivity index (χ0n) is 22.0. The van der Waals surface area contributed by atoms with Gasteiger partial charge >= 0.3 is 0 Å². The summed E-state index contributed by atoms with van der Waals surface area (Å²) in [7, 11) is 0. The van der Waals surface area contributed by atoms with Crippen LogP contribution in [0.3, 0.4) is 0 Å². The molecule has 2 bridgehead atoms. The first kappa shape index (κ1) is 26.5. The Hall–Kier alpha value is -2.11. The van der Waals surface area contributed by atoms with Crippen molar-refractivity contribution < 1.29 is 9.53 Å². The Kier molecular flexibility index (Phi) is 8.71. The number of nitrogens with zero attached hydrogens (tertiary/aromatic N) is 1. The molecule has 1 saturated carbocycles. The number of nitrogens with one attached hydrogen (secondary N) is 1. The summed E-state index contributed by atoms with van der Waals surface area (Å²) >= 11 is 7.90. The maximum atomic E-state index is 13.0. The minimum atomic E-state index is -0.0344. The number of aryl methyl sites for hydroxylation is 1. The van der Waals surface area contributed by atoms with Crippen molar-refractivity contribution >= 4 is 35.1 Å². The summed E-state index contributed by atoms with van der Waals surface area (Å²) < 4.78 is 9.51. The van der Waals surface area contributed by atoms with Gasteiger partial charge in [0.15, 0.2) is 0 Å². The quantitative estimate of drug-likeness (QED) is 0.321. The molecule has 2 aromatic carbocycles. The third-order valence-corrected chi connectivity index (χ3v) is 9.51. The van der Waals surface area contributed by atoms with Crippen LogP contribution in [0, 0.1) is 17.8 Å². The van der Waals surface area contributed by atoms with E-state index in [-0.39, 0.29) is 11.8 Å². The van der Waals surface area contributed by atoms with Crippen molar-refractivity contribution in [3.05, 3.63) is 70.3 Å². The molecule has 1 amide bonds. The van der Waals surface area contributed by atoms with Crippen LogP contribution in [-0.4, -0.2) is 31.4 Å². The van der Waals surface area contributed by atoms with Crippen LogP contribution in [0.5, 0.6) is 5.75 Å². The average Bonchev–Trinajstić information content (AvgIpc) is 3.05. The highest BCUT2D eigenvalue weighted by molar-refractivity contribution is 7.97. The molecule has 4 nitrogen and oxygen atoms in total. The van der Waals surface area contributed by atoms with E-state index in [2.05, 4.69) is 47.8 Å². The van der Waals surface area contributed by atoms with Crippen LogP contribution in [0.4, 0.5) is 5.69 Å². The van der Waals surface area contributed by atoms with Crippen LogP contribution in [0.2, 0.25) is 5.02 Å². The van der Waals surface area contributed by atoms with Gasteiger partial charge in [0.2, 0.25) is 0 Å². The highest BCUT2D eigenvalue weighted by atomic mass is 35.5. The lowest BCUT2D eigenvalue weighted by Crippen LogP contribution is -2.40. The smallest absolute Gasteiger partial charge is 0.261 e. The molecule has 3 aliphatic rings. The first-order valence-corrected chi connectivity index (χ1v) is 15.3. The van der Waals surface area contributed by atoms with E-state index in [0.717, 1.165) is 60.5 Å². The van der Waals surface area contributed by atoms with E-state index < -0.39 is 0 Å². The maximum Gasteiger partial charge on any atom is 0.261 e. The highest BCUT2D eigenvalue weighted by Gasteiger charge is 2.34. The second kappa shape index (κ2) is 12.2. The molecule has 1 N–H and O–H groups in total. The molecular formula is C31H39ClN2O2S. The standard InChI is InChI=1S/C31H39ClN2O2S/c1-3-6-23-15-27(32)12-13-28(23)26-18-34-17-25-10-9-22(25)8-5-4-7-21(2)20-37-33-31(35)24-11-14-30(36-19-26)29(34)16-24/h4-5,11-16,21-22,25-26H,3,6-10,17-20H2,1-2H3,(H,33,35)/b5-4+. The van der Waals surface area contributed by atoms with E-state index in [4.69, 9.17) is 16.3 Å². The number of hydrogen-bond donors (Lipinski definition) is 1. The Labute approximate surface area is 231 Å². The maximum absolute atomic E-state index is 13.0. The van der Waals surface area contributed by atoms with E-state index in [1.54, 1.807) is 0 Å². The summed E-state index contributed by atoms with van der Waals surface area (Å²) in [6.07, 6.45) is 11.6. The number of benzene rings is 2. The van der Waals surface area contributed by atoms with Crippen molar-refractivity contribution in [1.29, 1.82) is 0 Å². The normalized spacial score (nSPS) is 27.2. The van der Waals surface area contributed by atoms with Gasteiger partial charge in [-0.15, -0.1) is 0 Å². The van der Waals surface area contributed by atoms with E-state index >= 15 is 0 Å². The molecule has 0 saturated heterocycles. The average molecular weight is 539 g/mol. The molecule has 6 heteroatoms. The molecule has 0 aromatic heterocycles. The van der Waals surface area contributed by atoms with Gasteiger partial charge < -0.3 is 9.64 Å². The van der Waals surface area contributed by atoms with Gasteiger partial charge in [-0.2, -0.15) is 0 Å². The monoisotopic (exact) mass is 538 g/mol. The molecule has 198 valence electrons. The molecule has 4 atom stereocenters. The van der Waals surface area contributed by atoms with Crippen LogP contribution >= 0.6 is 23.5 Å². The number of amides is 1. The fourth-order valence-electron chi connectivity index (χ4n) is 5.90. The van der Waals surface area contributed by atoms with Crippen molar-refractivity contribution in [2.24, 2.45) is 17.8 Å². The minimum absolute atomic E-state index is 0.0344. The largest absolute Gasteiger partial charge is 0.491 e. The number of carbonyl (C=O) groups excluding carboxylic acids is 1. The Morgan fingerprint density at radius 3 is 2.73 bits per heavy atom. The van der Waals surface area contributed by atoms with Crippen LogP contribution in [0.25, 0.3) is 0 Å². The number of allylic oxidation sites excluding steroid dienone is 2. The number of anilines is 1. The third kappa shape index (κ3) is 6.31. The first-order valence-electron chi connectivity index (χ1n) is 13.9. The summed E-state index contributed by atoms with van der Waals surface area (Å²) in [5.74, 6) is 3.92. The van der Waals surface area contributed by atoms with Crippen molar-refractivity contribution in [1.82, 2.24) is 4.72 Å². The van der Waals surface area contributed by atoms with Gasteiger partial charge in [-0.25, -0.2) is 0 Å². The van der Waals surface area contributed by atoms with Crippen molar-refractivity contribution in [3.8, 4) is 5.75 Å². The summed E-state index contributed by atoms with van der Waals surface area (Å²) in [5.41, 5.74) is 4.40. The fraction of sp³-hybridized carbons (Fsp3) is 0.516. The second-order valence-electron chi connectivity index (χ2n) is 11.1. The summed E-state index contributed by atoms with van der Waals surface area (Å²) in [6, 6.07) is 12.3. The van der Waals surface area contributed by atoms with Crippen LogP contribution in [0.15, 0.2) is 48.6 Å². The fourth-order valence-corrected chi connectivity index (χ4v) is 6.85. The topological polar surface area (TPSA) is 41.6 Å². The first-order chi connectivity index (χ1) is 18.0. The molecular weight excluding hydrogens is 500 g/mol. The Morgan fingerprint density at radius 2 is 1.92 bits per heavy atom. The lowest BCUT2D eigenvalue weighted by molar-refractivity contribution is 0.0984. The summed E-state index contributed by atoms with van der Waals surface area (Å²) in [4.78, 5) is 15.5. The summed E-state index contributed by atoms with van der Waals surface area (Å²) in [5, 5.41) is 0.795. The molecule has 2 heterocycles. The number of ether oxygens (including phenoxy) is 1. The molecule has 2 aromatic rings. The Bertz CT molecular complexity index is 1140. The molecule has 1 aliphatic carbocycles. The van der Waals surface area contributed by atoms with Gasteiger partial charge in [-0.05, 0) is 103 Å². The SMILES string of the molecule is CCCc1cc(Cl)ccc1C1COc2ccc3cc2N(C1)CC1CCC1C/C=C/CC(C)CSNC3=O. The molecule has 37 heavy (non-hydrogen) atoms. The zero-order valence-corrected chi connectivity index (χ0v) is 23.6. The van der Waals surface area contributed by atoms with Gasteiger partial charge in [-0.3, -0.25) is 9.52 Å². The Morgan fingerprint density at radius 1 is 1.08 bits per heavy atom. The predicted molar refractivity (Wildman–Crippen MR) is 156 cm³/mol. The van der Waals surface area contributed by atoms with Crippen LogP contribution in [-0.2, 0) is 6.42 Å². The predicted octanol–water partition coefficient (Wildman–Crippen LogP) is 7.67. The zero-order chi connectivity index (χ0) is 25.8. The van der Waals surface area contributed by atoms with Gasteiger partial charge in [-0.1, -0.05) is 50.1 Å². The number of halogens is 1. The lowest BCUT2D eigenvalue weighted by Gasteiger charge is -2.41. The molecule has 4 unspecified atom stereocenters. The number of rotatable bonds is 3. The molecule has 1 fully saturated rings. The number of fused-ring (bicyclic) bond motifs is 2. The molecule has 5 rings (SSSR count). The third-order valence-electron chi connectivity index (χ3n) is 8.21. The molecule has 2 aliphatic heterocycles. The van der Waals surface area contributed by atoms with Gasteiger partial charge in [0, 0.05) is 35.3 Å². The second-order valence-corrected chi connectivity index (χ2v) is 12.3. The van der Waals surface area contributed by atoms with E-state index in [9.17, 15) is 4.79 Å². The van der Waals surface area contributed by atoms with Crippen LogP contribution < -0.4 is 14.4 Å². The number of carbonyl (C=O) groups is 1. The van der Waals surface area contributed by atoms with E-state index in [0.29, 0.717) is 24.0 Å². The van der Waals surface area contributed by atoms with E-state index in [1.807, 2.05) is 24.3 Å².